The Balaban J connectivity index is 2.25. The molecule has 2 heterocycles. The Morgan fingerprint density at radius 3 is 2.55 bits per heavy atom. The van der Waals surface area contributed by atoms with Gasteiger partial charge in [0.05, 0.1) is 6.61 Å². The summed E-state index contributed by atoms with van der Waals surface area (Å²) in [7, 11) is -0.337. The zero-order chi connectivity index (χ0) is 14.8. The van der Waals surface area contributed by atoms with Crippen LogP contribution in [0.5, 0.6) is 0 Å². The van der Waals surface area contributed by atoms with Gasteiger partial charge in [-0.2, -0.15) is 4.31 Å². The van der Waals surface area contributed by atoms with Crippen molar-refractivity contribution < 1.29 is 13.5 Å². The topological polar surface area (TPSA) is 75.4 Å². The van der Waals surface area contributed by atoms with E-state index < -0.39 is 10.0 Å². The van der Waals surface area contributed by atoms with Crippen LogP contribution in [0.3, 0.4) is 0 Å². The summed E-state index contributed by atoms with van der Waals surface area (Å²) >= 11 is 0. The molecule has 0 aliphatic carbocycles. The molecule has 108 valence electrons. The first-order chi connectivity index (χ1) is 9.45. The van der Waals surface area contributed by atoms with Gasteiger partial charge in [0.1, 0.15) is 4.90 Å². The van der Waals surface area contributed by atoms with Crippen LogP contribution < -0.4 is 0 Å². The number of pyridine rings is 1. The molecule has 0 spiro atoms. The number of aliphatic hydroxyl groups is 1. The zero-order valence-corrected chi connectivity index (χ0v) is 12.2. The van der Waals surface area contributed by atoms with Gasteiger partial charge in [-0.05, 0) is 23.8 Å². The van der Waals surface area contributed by atoms with Crippen LogP contribution in [-0.4, -0.2) is 34.4 Å². The summed E-state index contributed by atoms with van der Waals surface area (Å²) in [4.78, 5) is 4.08. The summed E-state index contributed by atoms with van der Waals surface area (Å²) in [5, 5.41) is 9.14. The van der Waals surface area contributed by atoms with Crippen LogP contribution in [0, 0.1) is 0 Å². The molecule has 0 unspecified atom stereocenters. The van der Waals surface area contributed by atoms with Crippen molar-refractivity contribution in [1.82, 2.24) is 13.9 Å². The summed E-state index contributed by atoms with van der Waals surface area (Å²) < 4.78 is 27.7. The van der Waals surface area contributed by atoms with E-state index in [0.717, 1.165) is 5.56 Å². The van der Waals surface area contributed by atoms with Gasteiger partial charge in [-0.1, -0.05) is 0 Å². The molecule has 20 heavy (non-hydrogen) atoms. The summed E-state index contributed by atoms with van der Waals surface area (Å²) in [6.45, 7) is 0.0777. The van der Waals surface area contributed by atoms with Crippen LogP contribution in [-0.2, 0) is 30.2 Å². The largest absolute Gasteiger partial charge is 0.390 e. The van der Waals surface area contributed by atoms with Crippen LogP contribution in [0.1, 0.15) is 11.3 Å². The number of aliphatic hydroxyl groups excluding tert-OH is 1. The number of sulfonamides is 1. The highest BCUT2D eigenvalue weighted by Crippen LogP contribution is 2.19. The number of hydrogen-bond acceptors (Lipinski definition) is 4. The first kappa shape index (κ1) is 14.7. The lowest BCUT2D eigenvalue weighted by molar-refractivity contribution is 0.272. The predicted molar refractivity (Wildman–Crippen MR) is 74.2 cm³/mol. The van der Waals surface area contributed by atoms with Crippen LogP contribution >= 0.6 is 0 Å². The van der Waals surface area contributed by atoms with Crippen LogP contribution in [0.2, 0.25) is 0 Å². The molecule has 0 atom stereocenters. The van der Waals surface area contributed by atoms with E-state index in [1.807, 2.05) is 0 Å². The average Bonchev–Trinajstić information content (AvgIpc) is 2.81. The minimum atomic E-state index is -3.57. The fourth-order valence-corrected chi connectivity index (χ4v) is 3.14. The molecule has 0 amide bonds. The number of nitrogens with zero attached hydrogens (tertiary/aromatic N) is 3. The van der Waals surface area contributed by atoms with Crippen molar-refractivity contribution in [2.24, 2.45) is 7.05 Å². The molecular weight excluding hydrogens is 278 g/mol. The molecule has 2 aromatic heterocycles. The summed E-state index contributed by atoms with van der Waals surface area (Å²) in [5.74, 6) is 0. The molecule has 2 rings (SSSR count). The van der Waals surface area contributed by atoms with Crippen molar-refractivity contribution in [2.45, 2.75) is 18.0 Å². The van der Waals surface area contributed by atoms with Gasteiger partial charge in [0.2, 0.25) is 10.0 Å². The molecule has 0 saturated heterocycles. The van der Waals surface area contributed by atoms with E-state index in [-0.39, 0.29) is 18.0 Å². The van der Waals surface area contributed by atoms with Crippen molar-refractivity contribution in [3.63, 3.8) is 0 Å². The quantitative estimate of drug-likeness (QED) is 0.882. The molecule has 2 aromatic rings. The smallest absolute Gasteiger partial charge is 0.244 e. The number of hydrogen-bond donors (Lipinski definition) is 1. The molecule has 0 bridgehead atoms. The summed E-state index contributed by atoms with van der Waals surface area (Å²) in [6, 6.07) is 5.03. The second-order valence-electron chi connectivity index (χ2n) is 4.55. The summed E-state index contributed by atoms with van der Waals surface area (Å²) in [6.07, 6.45) is 4.76. The van der Waals surface area contributed by atoms with Crippen molar-refractivity contribution in [1.29, 1.82) is 0 Å². The van der Waals surface area contributed by atoms with E-state index in [2.05, 4.69) is 4.98 Å². The fraction of sp³-hybridized carbons (Fsp3) is 0.308. The molecule has 0 aromatic carbocycles. The highest BCUT2D eigenvalue weighted by Gasteiger charge is 2.23. The SMILES string of the molecule is CN(Cc1ccncc1)S(=O)(=O)c1cc(CO)n(C)c1. The van der Waals surface area contributed by atoms with Crippen molar-refractivity contribution in [3.8, 4) is 0 Å². The Morgan fingerprint density at radius 1 is 1.35 bits per heavy atom. The van der Waals surface area contributed by atoms with E-state index >= 15 is 0 Å². The molecule has 0 aliphatic heterocycles. The lowest BCUT2D eigenvalue weighted by atomic mass is 10.3. The molecule has 0 saturated carbocycles. The minimum Gasteiger partial charge on any atom is -0.390 e. The van der Waals surface area contributed by atoms with Gasteiger partial charge in [-0.3, -0.25) is 4.98 Å². The van der Waals surface area contributed by atoms with Crippen molar-refractivity contribution in [3.05, 3.63) is 48.0 Å². The van der Waals surface area contributed by atoms with Gasteiger partial charge in [0, 0.05) is 44.9 Å². The second-order valence-corrected chi connectivity index (χ2v) is 6.60. The third-order valence-electron chi connectivity index (χ3n) is 3.11. The van der Waals surface area contributed by atoms with Crippen LogP contribution in [0.25, 0.3) is 0 Å². The maximum Gasteiger partial charge on any atom is 0.244 e. The molecule has 7 heteroatoms. The Labute approximate surface area is 118 Å². The van der Waals surface area contributed by atoms with Gasteiger partial charge >= 0.3 is 0 Å². The van der Waals surface area contributed by atoms with Gasteiger partial charge in [-0.15, -0.1) is 0 Å². The van der Waals surface area contributed by atoms with Gasteiger partial charge in [0.25, 0.3) is 0 Å². The molecule has 0 radical (unpaired) electrons. The van der Waals surface area contributed by atoms with E-state index in [4.69, 9.17) is 5.11 Å². The van der Waals surface area contributed by atoms with E-state index in [1.54, 1.807) is 36.1 Å². The van der Waals surface area contributed by atoms with Gasteiger partial charge in [-0.25, -0.2) is 8.42 Å². The van der Waals surface area contributed by atoms with Gasteiger partial charge in [0.15, 0.2) is 0 Å². The Kier molecular flexibility index (Phi) is 4.22. The molecule has 1 N–H and O–H groups in total. The monoisotopic (exact) mass is 295 g/mol. The molecule has 0 fully saturated rings. The predicted octanol–water partition coefficient (Wildman–Crippen LogP) is 0.733. The fourth-order valence-electron chi connectivity index (χ4n) is 1.89. The van der Waals surface area contributed by atoms with E-state index in [9.17, 15) is 8.42 Å². The Morgan fingerprint density at radius 2 is 2.00 bits per heavy atom. The second kappa shape index (κ2) is 5.74. The van der Waals surface area contributed by atoms with Crippen molar-refractivity contribution >= 4 is 10.0 Å². The number of rotatable bonds is 5. The number of aromatic nitrogens is 2. The molecule has 0 aliphatic rings. The lowest BCUT2D eigenvalue weighted by Crippen LogP contribution is -2.26. The lowest BCUT2D eigenvalue weighted by Gasteiger charge is -2.16. The Hall–Kier alpha value is -1.70. The Bertz CT molecular complexity index is 680. The zero-order valence-electron chi connectivity index (χ0n) is 11.4. The third-order valence-corrected chi connectivity index (χ3v) is 4.88. The van der Waals surface area contributed by atoms with Gasteiger partial charge < -0.3 is 9.67 Å². The standard InChI is InChI=1S/C13H17N3O3S/c1-15-9-13(7-12(15)10-17)20(18,19)16(2)8-11-3-5-14-6-4-11/h3-7,9,17H,8,10H2,1-2H3. The maximum absolute atomic E-state index is 12.4. The molecular formula is C13H17N3O3S. The van der Waals surface area contributed by atoms with E-state index in [1.165, 1.54) is 23.6 Å². The first-order valence-electron chi connectivity index (χ1n) is 6.06. The maximum atomic E-state index is 12.4. The van der Waals surface area contributed by atoms with Crippen molar-refractivity contribution in [2.75, 3.05) is 7.05 Å². The number of aryl methyl sites for hydroxylation is 1. The first-order valence-corrected chi connectivity index (χ1v) is 7.50. The highest BCUT2D eigenvalue weighted by atomic mass is 32.2. The highest BCUT2D eigenvalue weighted by molar-refractivity contribution is 7.89. The third kappa shape index (κ3) is 2.90. The average molecular weight is 295 g/mol. The summed E-state index contributed by atoms with van der Waals surface area (Å²) in [5.41, 5.74) is 1.42. The normalized spacial score (nSPS) is 12.0. The minimum absolute atomic E-state index is 0.181. The van der Waals surface area contributed by atoms with Crippen LogP contribution in [0.4, 0.5) is 0 Å². The van der Waals surface area contributed by atoms with E-state index in [0.29, 0.717) is 5.69 Å². The van der Waals surface area contributed by atoms with Crippen LogP contribution in [0.15, 0.2) is 41.7 Å². The molecule has 6 nitrogen and oxygen atoms in total.